The van der Waals surface area contributed by atoms with Crippen LogP contribution in [-0.4, -0.2) is 19.5 Å². The Labute approximate surface area is 362 Å². The summed E-state index contributed by atoms with van der Waals surface area (Å²) >= 11 is 1.87. The Kier molecular flexibility index (Phi) is 8.65. The zero-order valence-electron chi connectivity index (χ0n) is 33.5. The van der Waals surface area contributed by atoms with Crippen LogP contribution < -0.4 is 0 Å². The van der Waals surface area contributed by atoms with Crippen molar-refractivity contribution < 1.29 is 0 Å². The molecule has 0 unspecified atom stereocenters. The molecule has 5 heteroatoms. The highest BCUT2D eigenvalue weighted by atomic mass is 32.1. The van der Waals surface area contributed by atoms with Crippen LogP contribution in [0.1, 0.15) is 0 Å². The lowest BCUT2D eigenvalue weighted by molar-refractivity contribution is 1.07. The van der Waals surface area contributed by atoms with Gasteiger partial charge in [-0.2, -0.15) is 0 Å². The molecule has 0 N–H and O–H groups in total. The predicted molar refractivity (Wildman–Crippen MR) is 260 cm³/mol. The molecule has 9 aromatic carbocycles. The SMILES string of the molecule is c1ccc(-c2cccc(-c3ccc(-c4cccc5sc6c(ccc7c6c6ccccc6n7-c6ccccc6)c45)c(-c4nc(-c5ccccc5)nc(-c5ccccc5)n4)c3)c2)cc1. The lowest BCUT2D eigenvalue weighted by atomic mass is 9.91. The number of thiophene rings is 1. The maximum absolute atomic E-state index is 5.30. The molecule has 0 bridgehead atoms. The molecule has 3 heterocycles. The summed E-state index contributed by atoms with van der Waals surface area (Å²) in [5.74, 6) is 1.89. The average molecular weight is 809 g/mol. The van der Waals surface area contributed by atoms with E-state index in [0.717, 1.165) is 44.6 Å². The van der Waals surface area contributed by atoms with Crippen molar-refractivity contribution in [2.24, 2.45) is 0 Å². The van der Waals surface area contributed by atoms with Crippen LogP contribution in [-0.2, 0) is 0 Å². The van der Waals surface area contributed by atoms with Crippen LogP contribution in [0.5, 0.6) is 0 Å². The van der Waals surface area contributed by atoms with Gasteiger partial charge in [-0.3, -0.25) is 0 Å². The van der Waals surface area contributed by atoms with Crippen LogP contribution in [0.4, 0.5) is 0 Å². The van der Waals surface area contributed by atoms with Crippen LogP contribution in [0, 0.1) is 0 Å². The fraction of sp³-hybridized carbons (Fsp3) is 0. The van der Waals surface area contributed by atoms with E-state index < -0.39 is 0 Å². The normalized spacial score (nSPS) is 11.5. The maximum atomic E-state index is 5.30. The minimum absolute atomic E-state index is 0.624. The summed E-state index contributed by atoms with van der Waals surface area (Å²) in [5.41, 5.74) is 13.1. The van der Waals surface area contributed by atoms with Crippen molar-refractivity contribution in [3.8, 4) is 73.2 Å². The first kappa shape index (κ1) is 35.9. The molecule has 0 atom stereocenters. The Morgan fingerprint density at radius 3 is 1.60 bits per heavy atom. The Morgan fingerprint density at radius 1 is 0.323 bits per heavy atom. The van der Waals surface area contributed by atoms with E-state index in [1.54, 1.807) is 0 Å². The Hall–Kier alpha value is -7.99. The molecule has 0 aliphatic rings. The third kappa shape index (κ3) is 6.09. The highest BCUT2D eigenvalue weighted by Gasteiger charge is 2.22. The third-order valence-corrected chi connectivity index (χ3v) is 13.1. The zero-order chi connectivity index (χ0) is 41.0. The number of hydrogen-bond donors (Lipinski definition) is 0. The van der Waals surface area contributed by atoms with Gasteiger partial charge < -0.3 is 4.57 Å². The van der Waals surface area contributed by atoms with E-state index in [4.69, 9.17) is 15.0 Å². The van der Waals surface area contributed by atoms with Crippen LogP contribution in [0.3, 0.4) is 0 Å². The fourth-order valence-electron chi connectivity index (χ4n) is 9.00. The second kappa shape index (κ2) is 14.9. The summed E-state index contributed by atoms with van der Waals surface area (Å²) in [6, 6.07) is 77.4. The molecule has 290 valence electrons. The molecular formula is C57H36N4S. The monoisotopic (exact) mass is 808 g/mol. The van der Waals surface area contributed by atoms with Gasteiger partial charge in [-0.05, 0) is 75.8 Å². The number of hydrogen-bond acceptors (Lipinski definition) is 4. The third-order valence-electron chi connectivity index (χ3n) is 11.9. The van der Waals surface area contributed by atoms with Crippen molar-refractivity contribution in [3.63, 3.8) is 0 Å². The van der Waals surface area contributed by atoms with Gasteiger partial charge in [0, 0.05) is 53.3 Å². The highest BCUT2D eigenvalue weighted by molar-refractivity contribution is 7.27. The summed E-state index contributed by atoms with van der Waals surface area (Å²) in [7, 11) is 0. The summed E-state index contributed by atoms with van der Waals surface area (Å²) in [6.07, 6.45) is 0. The van der Waals surface area contributed by atoms with Gasteiger partial charge >= 0.3 is 0 Å². The molecule has 4 nitrogen and oxygen atoms in total. The smallest absolute Gasteiger partial charge is 0.164 e. The standard InChI is InChI=1S/C57H36N4S/c1-5-17-37(18-6-1)40-23-15-24-41(35-40)42-31-32-44(48(36-42)57-59-55(38-19-7-2-8-20-38)58-56(60-57)39-21-9-3-10-22-39)45-28-16-30-51-52(45)47-33-34-50-53(54(47)62-51)46-27-13-14-29-49(46)61(50)43-25-11-4-12-26-43/h1-36H. The second-order valence-corrected chi connectivity index (χ2v) is 16.6. The molecule has 0 aliphatic carbocycles. The van der Waals surface area contributed by atoms with Gasteiger partial charge in [0.05, 0.1) is 11.0 Å². The topological polar surface area (TPSA) is 43.6 Å². The van der Waals surface area contributed by atoms with Gasteiger partial charge in [-0.1, -0.05) is 176 Å². The molecule has 3 aromatic heterocycles. The minimum atomic E-state index is 0.624. The largest absolute Gasteiger partial charge is 0.309 e. The fourth-order valence-corrected chi connectivity index (χ4v) is 10.3. The first-order chi connectivity index (χ1) is 30.7. The summed E-state index contributed by atoms with van der Waals surface area (Å²) < 4.78 is 4.91. The highest BCUT2D eigenvalue weighted by Crippen LogP contribution is 2.48. The molecular weight excluding hydrogens is 773 g/mol. The molecule has 0 spiro atoms. The minimum Gasteiger partial charge on any atom is -0.309 e. The van der Waals surface area contributed by atoms with Crippen molar-refractivity contribution in [3.05, 3.63) is 218 Å². The number of benzene rings is 9. The zero-order valence-corrected chi connectivity index (χ0v) is 34.3. The molecule has 0 aliphatic heterocycles. The summed E-state index contributed by atoms with van der Waals surface area (Å²) in [4.78, 5) is 15.7. The Morgan fingerprint density at radius 2 is 0.887 bits per heavy atom. The van der Waals surface area contributed by atoms with E-state index in [1.165, 1.54) is 53.1 Å². The predicted octanol–water partition coefficient (Wildman–Crippen LogP) is 15.3. The van der Waals surface area contributed by atoms with Gasteiger partial charge in [0.15, 0.2) is 17.5 Å². The number of rotatable bonds is 7. The number of fused-ring (bicyclic) bond motifs is 7. The van der Waals surface area contributed by atoms with Crippen molar-refractivity contribution in [1.29, 1.82) is 0 Å². The van der Waals surface area contributed by atoms with Crippen LogP contribution in [0.15, 0.2) is 218 Å². The average Bonchev–Trinajstić information content (AvgIpc) is 3.91. The van der Waals surface area contributed by atoms with E-state index in [1.807, 2.05) is 47.7 Å². The molecule has 0 radical (unpaired) electrons. The summed E-state index contributed by atoms with van der Waals surface area (Å²) in [5, 5.41) is 4.99. The van der Waals surface area contributed by atoms with Crippen molar-refractivity contribution in [2.45, 2.75) is 0 Å². The first-order valence-corrected chi connectivity index (χ1v) is 21.7. The maximum Gasteiger partial charge on any atom is 0.164 e. The molecule has 12 rings (SSSR count). The van der Waals surface area contributed by atoms with Gasteiger partial charge in [0.2, 0.25) is 0 Å². The molecule has 0 saturated heterocycles. The van der Waals surface area contributed by atoms with Crippen LogP contribution in [0.2, 0.25) is 0 Å². The second-order valence-electron chi connectivity index (χ2n) is 15.6. The van der Waals surface area contributed by atoms with E-state index in [2.05, 4.69) is 187 Å². The van der Waals surface area contributed by atoms with Gasteiger partial charge in [0.1, 0.15) is 0 Å². The lowest BCUT2D eigenvalue weighted by Gasteiger charge is -2.15. The Bertz CT molecular complexity index is 3560. The van der Waals surface area contributed by atoms with Crippen LogP contribution in [0.25, 0.3) is 115 Å². The van der Waals surface area contributed by atoms with Crippen LogP contribution >= 0.6 is 11.3 Å². The van der Waals surface area contributed by atoms with E-state index in [-0.39, 0.29) is 0 Å². The van der Waals surface area contributed by atoms with Gasteiger partial charge in [-0.15, -0.1) is 11.3 Å². The van der Waals surface area contributed by atoms with E-state index >= 15 is 0 Å². The quantitative estimate of drug-likeness (QED) is 0.161. The van der Waals surface area contributed by atoms with Gasteiger partial charge in [-0.25, -0.2) is 15.0 Å². The number of nitrogens with zero attached hydrogens (tertiary/aromatic N) is 4. The summed E-state index contributed by atoms with van der Waals surface area (Å²) in [6.45, 7) is 0. The molecule has 0 amide bonds. The van der Waals surface area contributed by atoms with Gasteiger partial charge in [0.25, 0.3) is 0 Å². The Balaban J connectivity index is 1.13. The number of para-hydroxylation sites is 2. The molecule has 0 saturated carbocycles. The van der Waals surface area contributed by atoms with E-state index in [9.17, 15) is 0 Å². The van der Waals surface area contributed by atoms with Crippen molar-refractivity contribution in [1.82, 2.24) is 19.5 Å². The van der Waals surface area contributed by atoms with Crippen molar-refractivity contribution >= 4 is 53.3 Å². The molecule has 0 fully saturated rings. The number of aromatic nitrogens is 4. The first-order valence-electron chi connectivity index (χ1n) is 20.9. The van der Waals surface area contributed by atoms with Crippen molar-refractivity contribution in [2.75, 3.05) is 0 Å². The molecule has 62 heavy (non-hydrogen) atoms. The van der Waals surface area contributed by atoms with E-state index in [0.29, 0.717) is 17.5 Å². The lowest BCUT2D eigenvalue weighted by Crippen LogP contribution is -2.01. The molecule has 12 aromatic rings.